The maximum atomic E-state index is 14.0. The van der Waals surface area contributed by atoms with Crippen LogP contribution in [0.1, 0.15) is 30.5 Å². The summed E-state index contributed by atoms with van der Waals surface area (Å²) in [6.45, 7) is 5.22. The van der Waals surface area contributed by atoms with Crippen molar-refractivity contribution in [1.29, 1.82) is 0 Å². The molecule has 1 N–H and O–H groups in total. The van der Waals surface area contributed by atoms with Crippen molar-refractivity contribution < 1.29 is 18.0 Å². The van der Waals surface area contributed by atoms with E-state index < -0.39 is 28.5 Å². The van der Waals surface area contributed by atoms with E-state index in [0.717, 1.165) is 27.3 Å². The first-order valence-corrected chi connectivity index (χ1v) is 15.1. The lowest BCUT2D eigenvalue weighted by Gasteiger charge is -2.34. The van der Waals surface area contributed by atoms with Crippen molar-refractivity contribution in [3.63, 3.8) is 0 Å². The van der Waals surface area contributed by atoms with Crippen LogP contribution in [0.15, 0.2) is 72.8 Å². The lowest BCUT2D eigenvalue weighted by molar-refractivity contribution is -0.140. The van der Waals surface area contributed by atoms with Crippen molar-refractivity contribution in [3.05, 3.63) is 99.5 Å². The first-order valence-electron chi connectivity index (χ1n) is 12.5. The monoisotopic (exact) mass is 589 g/mol. The van der Waals surface area contributed by atoms with E-state index in [0.29, 0.717) is 0 Å². The number of sulfonamides is 1. The number of carbonyl (C=O) groups excluding carboxylic acids is 2. The molecule has 1 atom stereocenters. The molecule has 0 aliphatic heterocycles. The molecule has 208 valence electrons. The van der Waals surface area contributed by atoms with Crippen LogP contribution in [0.4, 0.5) is 5.69 Å². The number of nitrogens with one attached hydrogen (secondary N) is 1. The molecule has 0 aromatic heterocycles. The molecule has 0 unspecified atom stereocenters. The van der Waals surface area contributed by atoms with Crippen molar-refractivity contribution >= 4 is 50.7 Å². The SMILES string of the molecule is Cc1ccc(CN(C(=O)CN(c2cc(Cl)cc(Cl)c2)S(C)(=O)=O)[C@H](Cc2ccccc2)C(=O)NC(C)C)cc1. The van der Waals surface area contributed by atoms with Crippen molar-refractivity contribution in [3.8, 4) is 0 Å². The van der Waals surface area contributed by atoms with Gasteiger partial charge in [-0.3, -0.25) is 13.9 Å². The van der Waals surface area contributed by atoms with Gasteiger partial charge in [0.25, 0.3) is 0 Å². The van der Waals surface area contributed by atoms with E-state index in [1.165, 1.54) is 23.1 Å². The summed E-state index contributed by atoms with van der Waals surface area (Å²) in [5.41, 5.74) is 2.88. The van der Waals surface area contributed by atoms with Gasteiger partial charge >= 0.3 is 0 Å². The number of benzene rings is 3. The van der Waals surface area contributed by atoms with Crippen LogP contribution in [0.5, 0.6) is 0 Å². The van der Waals surface area contributed by atoms with Crippen molar-refractivity contribution in [1.82, 2.24) is 10.2 Å². The summed E-state index contributed by atoms with van der Waals surface area (Å²) in [5, 5.41) is 3.38. The van der Waals surface area contributed by atoms with Gasteiger partial charge in [-0.2, -0.15) is 0 Å². The molecule has 0 spiro atoms. The number of halogens is 2. The minimum atomic E-state index is -3.91. The normalized spacial score (nSPS) is 12.2. The van der Waals surface area contributed by atoms with Crippen LogP contribution >= 0.6 is 23.2 Å². The van der Waals surface area contributed by atoms with Gasteiger partial charge < -0.3 is 10.2 Å². The van der Waals surface area contributed by atoms with E-state index >= 15 is 0 Å². The van der Waals surface area contributed by atoms with E-state index in [9.17, 15) is 18.0 Å². The van der Waals surface area contributed by atoms with Crippen molar-refractivity contribution in [2.45, 2.75) is 45.8 Å². The van der Waals surface area contributed by atoms with Gasteiger partial charge in [0, 0.05) is 29.1 Å². The third-order valence-corrected chi connectivity index (χ3v) is 7.57. The molecule has 2 amide bonds. The Labute approximate surface area is 240 Å². The Morgan fingerprint density at radius 2 is 1.49 bits per heavy atom. The fourth-order valence-electron chi connectivity index (χ4n) is 4.12. The lowest BCUT2D eigenvalue weighted by atomic mass is 10.0. The smallest absolute Gasteiger partial charge is 0.244 e. The average molecular weight is 591 g/mol. The largest absolute Gasteiger partial charge is 0.352 e. The summed E-state index contributed by atoms with van der Waals surface area (Å²) in [6, 6.07) is 20.3. The number of rotatable bonds is 11. The van der Waals surface area contributed by atoms with Crippen LogP contribution in [0.2, 0.25) is 10.0 Å². The highest BCUT2D eigenvalue weighted by atomic mass is 35.5. The van der Waals surface area contributed by atoms with E-state index in [4.69, 9.17) is 23.2 Å². The zero-order chi connectivity index (χ0) is 28.7. The Bertz CT molecular complexity index is 1380. The van der Waals surface area contributed by atoms with Gasteiger partial charge in [-0.25, -0.2) is 8.42 Å². The number of hydrogen-bond acceptors (Lipinski definition) is 4. The Morgan fingerprint density at radius 1 is 0.897 bits per heavy atom. The van der Waals surface area contributed by atoms with Gasteiger partial charge in [-0.1, -0.05) is 83.4 Å². The quantitative estimate of drug-likeness (QED) is 0.331. The zero-order valence-corrected chi connectivity index (χ0v) is 24.7. The maximum absolute atomic E-state index is 14.0. The third-order valence-electron chi connectivity index (χ3n) is 5.99. The predicted molar refractivity (Wildman–Crippen MR) is 158 cm³/mol. The molecule has 3 rings (SSSR count). The number of amides is 2. The van der Waals surface area contributed by atoms with E-state index in [2.05, 4.69) is 5.32 Å². The average Bonchev–Trinajstić information content (AvgIpc) is 2.84. The standard InChI is InChI=1S/C29H33Cl2N3O4S/c1-20(2)32-29(36)27(14-22-8-6-5-7-9-22)33(18-23-12-10-21(3)11-13-23)28(35)19-34(39(4,37)38)26-16-24(30)15-25(31)17-26/h5-13,15-17,20,27H,14,18-19H2,1-4H3,(H,32,36)/t27-/m1/s1. The molecule has 0 aliphatic carbocycles. The summed E-state index contributed by atoms with van der Waals surface area (Å²) in [7, 11) is -3.91. The van der Waals surface area contributed by atoms with Crippen molar-refractivity contribution in [2.75, 3.05) is 17.1 Å². The number of anilines is 1. The summed E-state index contributed by atoms with van der Waals surface area (Å²) < 4.78 is 26.6. The summed E-state index contributed by atoms with van der Waals surface area (Å²) in [5.74, 6) is -0.872. The zero-order valence-electron chi connectivity index (χ0n) is 22.4. The molecule has 0 fully saturated rings. The molecule has 0 saturated heterocycles. The predicted octanol–water partition coefficient (Wildman–Crippen LogP) is 5.23. The topological polar surface area (TPSA) is 86.8 Å². The molecule has 0 saturated carbocycles. The molecule has 3 aromatic carbocycles. The molecule has 3 aromatic rings. The Kier molecular flexibility index (Phi) is 10.4. The molecular formula is C29H33Cl2N3O4S. The maximum Gasteiger partial charge on any atom is 0.244 e. The fourth-order valence-corrected chi connectivity index (χ4v) is 5.47. The highest BCUT2D eigenvalue weighted by Crippen LogP contribution is 2.27. The Hall–Kier alpha value is -3.07. The number of carbonyl (C=O) groups is 2. The summed E-state index contributed by atoms with van der Waals surface area (Å²) >= 11 is 12.3. The van der Waals surface area contributed by atoms with Gasteiger partial charge in [-0.15, -0.1) is 0 Å². The van der Waals surface area contributed by atoms with Crippen LogP contribution in [0, 0.1) is 6.92 Å². The van der Waals surface area contributed by atoms with Crippen LogP contribution in [0.25, 0.3) is 0 Å². The van der Waals surface area contributed by atoms with Gasteiger partial charge in [0.1, 0.15) is 12.6 Å². The second kappa shape index (κ2) is 13.3. The summed E-state index contributed by atoms with van der Waals surface area (Å²) in [6.07, 6.45) is 1.26. The molecule has 10 heteroatoms. The minimum absolute atomic E-state index is 0.107. The van der Waals surface area contributed by atoms with Gasteiger partial charge in [0.05, 0.1) is 11.9 Å². The second-order valence-corrected chi connectivity index (χ2v) is 12.6. The fraction of sp³-hybridized carbons (Fsp3) is 0.310. The Morgan fingerprint density at radius 3 is 2.03 bits per heavy atom. The molecular weight excluding hydrogens is 557 g/mol. The van der Waals surface area contributed by atoms with Gasteiger partial charge in [0.15, 0.2) is 0 Å². The molecule has 0 bridgehead atoms. The van der Waals surface area contributed by atoms with Crippen LogP contribution in [-0.2, 0) is 32.6 Å². The number of nitrogens with zero attached hydrogens (tertiary/aromatic N) is 2. The number of aryl methyl sites for hydroxylation is 1. The van der Waals surface area contributed by atoms with E-state index in [1.54, 1.807) is 0 Å². The van der Waals surface area contributed by atoms with Crippen LogP contribution in [-0.4, -0.2) is 50.0 Å². The molecule has 7 nitrogen and oxygen atoms in total. The second-order valence-electron chi connectivity index (χ2n) is 9.77. The minimum Gasteiger partial charge on any atom is -0.352 e. The summed E-state index contributed by atoms with van der Waals surface area (Å²) in [4.78, 5) is 29.0. The van der Waals surface area contributed by atoms with Crippen LogP contribution in [0.3, 0.4) is 0 Å². The van der Waals surface area contributed by atoms with Crippen LogP contribution < -0.4 is 9.62 Å². The molecule has 0 aliphatic rings. The first-order chi connectivity index (χ1) is 18.3. The molecule has 0 heterocycles. The number of hydrogen-bond donors (Lipinski definition) is 1. The van der Waals surface area contributed by atoms with E-state index in [-0.39, 0.29) is 40.6 Å². The lowest BCUT2D eigenvalue weighted by Crippen LogP contribution is -2.54. The molecule has 0 radical (unpaired) electrons. The third kappa shape index (κ3) is 8.98. The first kappa shape index (κ1) is 30.5. The van der Waals surface area contributed by atoms with Gasteiger partial charge in [-0.05, 0) is 50.1 Å². The molecule has 39 heavy (non-hydrogen) atoms. The Balaban J connectivity index is 2.06. The van der Waals surface area contributed by atoms with Gasteiger partial charge in [0.2, 0.25) is 21.8 Å². The highest BCUT2D eigenvalue weighted by Gasteiger charge is 2.33. The van der Waals surface area contributed by atoms with Crippen molar-refractivity contribution in [2.24, 2.45) is 0 Å². The highest BCUT2D eigenvalue weighted by molar-refractivity contribution is 7.92. The van der Waals surface area contributed by atoms with E-state index in [1.807, 2.05) is 75.4 Å².